The Kier molecular flexibility index (Phi) is 10.7. The molecule has 0 atom stereocenters. The number of rotatable bonds is 12. The Labute approximate surface area is 188 Å². The van der Waals surface area contributed by atoms with Crippen LogP contribution in [0.1, 0.15) is 74.2 Å². The second kappa shape index (κ2) is 13.8. The summed E-state index contributed by atoms with van der Waals surface area (Å²) in [5.41, 5.74) is 0.0801. The zero-order valence-electron chi connectivity index (χ0n) is 18.3. The lowest BCUT2D eigenvalue weighted by Crippen LogP contribution is -2.09. The summed E-state index contributed by atoms with van der Waals surface area (Å²) in [4.78, 5) is 24.1. The molecular weight excluding hydrogens is 409 g/mol. The fraction of sp³-hybridized carbons (Fsp3) is 0.346. The first-order valence-electron chi connectivity index (χ1n) is 10.9. The van der Waals surface area contributed by atoms with Crippen molar-refractivity contribution in [3.05, 3.63) is 71.6 Å². The third-order valence-corrected chi connectivity index (χ3v) is 4.81. The molecule has 0 saturated heterocycles. The average Bonchev–Trinajstić information content (AvgIpc) is 2.78. The number of allylic oxidation sites excluding steroid dienone is 1. The lowest BCUT2D eigenvalue weighted by Gasteiger charge is -2.06. The quantitative estimate of drug-likeness (QED) is 0.163. The van der Waals surface area contributed by atoms with E-state index in [0.29, 0.717) is 5.75 Å². The summed E-state index contributed by atoms with van der Waals surface area (Å²) in [5, 5.41) is 8.74. The molecule has 0 unspecified atom stereocenters. The molecule has 2 aromatic rings. The van der Waals surface area contributed by atoms with Crippen molar-refractivity contribution in [1.82, 2.24) is 0 Å². The average molecular weight is 438 g/mol. The van der Waals surface area contributed by atoms with Crippen LogP contribution < -0.4 is 9.47 Å². The molecule has 0 N–H and O–H groups in total. The maximum absolute atomic E-state index is 13.6. The molecule has 0 aromatic heterocycles. The van der Waals surface area contributed by atoms with Gasteiger partial charge in [0.05, 0.1) is 11.1 Å². The summed E-state index contributed by atoms with van der Waals surface area (Å²) in [7, 11) is 0. The van der Waals surface area contributed by atoms with E-state index in [1.165, 1.54) is 74.6 Å². The molecule has 0 saturated carbocycles. The highest BCUT2D eigenvalue weighted by Crippen LogP contribution is 2.19. The highest BCUT2D eigenvalue weighted by molar-refractivity contribution is 5.91. The maximum Gasteiger partial charge on any atom is 0.343 e. The highest BCUT2D eigenvalue weighted by Gasteiger charge is 2.11. The number of nitriles is 1. The fourth-order valence-corrected chi connectivity index (χ4v) is 3.02. The molecule has 2 rings (SSSR count). The number of hydrogen-bond acceptors (Lipinski definition) is 5. The lowest BCUT2D eigenvalue weighted by molar-refractivity contribution is -0.129. The molecule has 32 heavy (non-hydrogen) atoms. The number of halogens is 1. The van der Waals surface area contributed by atoms with Gasteiger partial charge in [0.2, 0.25) is 0 Å². The van der Waals surface area contributed by atoms with Gasteiger partial charge in [-0.05, 0) is 49.2 Å². The lowest BCUT2D eigenvalue weighted by atomic mass is 10.1. The Morgan fingerprint density at radius 3 is 2.25 bits per heavy atom. The minimum atomic E-state index is -0.764. The first kappa shape index (κ1) is 24.8. The Bertz CT molecular complexity index is 961. The van der Waals surface area contributed by atoms with Crippen molar-refractivity contribution in [2.45, 2.75) is 58.3 Å². The van der Waals surface area contributed by atoms with Crippen molar-refractivity contribution in [3.63, 3.8) is 0 Å². The largest absolute Gasteiger partial charge is 0.423 e. The zero-order chi connectivity index (χ0) is 23.2. The number of nitrogens with zero attached hydrogens (tertiary/aromatic N) is 1. The van der Waals surface area contributed by atoms with Crippen LogP contribution in [0.15, 0.2) is 54.6 Å². The van der Waals surface area contributed by atoms with E-state index >= 15 is 0 Å². The van der Waals surface area contributed by atoms with Gasteiger partial charge in [-0.2, -0.15) is 5.26 Å². The monoisotopic (exact) mass is 437 g/mol. The second-order valence-electron chi connectivity index (χ2n) is 7.40. The van der Waals surface area contributed by atoms with Gasteiger partial charge in [-0.15, -0.1) is 0 Å². The van der Waals surface area contributed by atoms with Gasteiger partial charge in [-0.1, -0.05) is 51.5 Å². The number of carbonyl (C=O) groups is 2. The van der Waals surface area contributed by atoms with Crippen molar-refractivity contribution in [2.24, 2.45) is 0 Å². The Morgan fingerprint density at radius 1 is 0.938 bits per heavy atom. The third kappa shape index (κ3) is 8.73. The fourth-order valence-electron chi connectivity index (χ4n) is 3.02. The minimum Gasteiger partial charge on any atom is -0.423 e. The standard InChI is InChI=1S/C26H28FNO4/c1-2-3-4-5-6-7-8-9-10-11-25(29)31-22-15-12-20(13-16-22)26(30)32-23-17-14-21(19-28)24(27)18-23/h10-18H,2-9H2,1H3/b11-10+. The number of ether oxygens (including phenoxy) is 2. The van der Waals surface area contributed by atoms with E-state index in [0.717, 1.165) is 25.3 Å². The molecule has 2 aromatic carbocycles. The molecule has 168 valence electrons. The van der Waals surface area contributed by atoms with Crippen LogP contribution >= 0.6 is 0 Å². The van der Waals surface area contributed by atoms with Gasteiger partial charge in [-0.3, -0.25) is 0 Å². The Balaban J connectivity index is 1.74. The summed E-state index contributed by atoms with van der Waals surface area (Å²) in [6.45, 7) is 2.20. The van der Waals surface area contributed by atoms with Crippen LogP contribution in [0.3, 0.4) is 0 Å². The molecule has 6 heteroatoms. The van der Waals surface area contributed by atoms with Crippen molar-refractivity contribution in [1.29, 1.82) is 5.26 Å². The van der Waals surface area contributed by atoms with Gasteiger partial charge in [0, 0.05) is 12.1 Å². The zero-order valence-corrected chi connectivity index (χ0v) is 18.3. The second-order valence-corrected chi connectivity index (χ2v) is 7.40. The van der Waals surface area contributed by atoms with E-state index in [9.17, 15) is 14.0 Å². The van der Waals surface area contributed by atoms with Crippen molar-refractivity contribution in [3.8, 4) is 17.6 Å². The third-order valence-electron chi connectivity index (χ3n) is 4.81. The Hall–Kier alpha value is -3.46. The molecule has 0 amide bonds. The van der Waals surface area contributed by atoms with E-state index in [-0.39, 0.29) is 16.9 Å². The van der Waals surface area contributed by atoms with E-state index in [1.54, 1.807) is 6.07 Å². The van der Waals surface area contributed by atoms with Crippen molar-refractivity contribution in [2.75, 3.05) is 0 Å². The van der Waals surface area contributed by atoms with Crippen LogP contribution in [0.5, 0.6) is 11.5 Å². The molecule has 0 spiro atoms. The van der Waals surface area contributed by atoms with E-state index in [1.807, 2.05) is 6.08 Å². The van der Waals surface area contributed by atoms with E-state index in [2.05, 4.69) is 6.92 Å². The summed E-state index contributed by atoms with van der Waals surface area (Å²) in [6, 6.07) is 11.1. The summed E-state index contributed by atoms with van der Waals surface area (Å²) < 4.78 is 23.9. The van der Waals surface area contributed by atoms with Crippen LogP contribution in [0.2, 0.25) is 0 Å². The molecule has 0 aliphatic rings. The highest BCUT2D eigenvalue weighted by atomic mass is 19.1. The molecule has 5 nitrogen and oxygen atoms in total. The van der Waals surface area contributed by atoms with Gasteiger partial charge in [0.15, 0.2) is 0 Å². The Morgan fingerprint density at radius 2 is 1.59 bits per heavy atom. The molecule has 0 aliphatic carbocycles. The van der Waals surface area contributed by atoms with Crippen LogP contribution in [-0.4, -0.2) is 11.9 Å². The predicted octanol–water partition coefficient (Wildman–Crippen LogP) is 6.52. The first-order chi connectivity index (χ1) is 15.5. The van der Waals surface area contributed by atoms with E-state index < -0.39 is 17.8 Å². The predicted molar refractivity (Wildman–Crippen MR) is 120 cm³/mol. The summed E-state index contributed by atoms with van der Waals surface area (Å²) >= 11 is 0. The first-order valence-corrected chi connectivity index (χ1v) is 10.9. The molecule has 0 aliphatic heterocycles. The molecule has 0 radical (unpaired) electrons. The number of esters is 2. The topological polar surface area (TPSA) is 76.4 Å². The maximum atomic E-state index is 13.6. The van der Waals surface area contributed by atoms with Crippen molar-refractivity contribution < 1.29 is 23.5 Å². The minimum absolute atomic E-state index is 0.00639. The van der Waals surface area contributed by atoms with E-state index in [4.69, 9.17) is 14.7 Å². The number of unbranched alkanes of at least 4 members (excludes halogenated alkanes) is 7. The van der Waals surface area contributed by atoms with Crippen LogP contribution in [-0.2, 0) is 4.79 Å². The van der Waals surface area contributed by atoms with Crippen molar-refractivity contribution >= 4 is 11.9 Å². The normalized spacial score (nSPS) is 10.7. The molecule has 0 bridgehead atoms. The van der Waals surface area contributed by atoms with Crippen LogP contribution in [0.25, 0.3) is 0 Å². The number of hydrogen-bond donors (Lipinski definition) is 0. The van der Waals surface area contributed by atoms with Gasteiger partial charge in [0.1, 0.15) is 23.4 Å². The van der Waals surface area contributed by atoms with Crippen LogP contribution in [0, 0.1) is 17.1 Å². The van der Waals surface area contributed by atoms with Gasteiger partial charge >= 0.3 is 11.9 Å². The molecule has 0 fully saturated rings. The summed E-state index contributed by atoms with van der Waals surface area (Å²) in [6.07, 6.45) is 12.6. The molecule has 0 heterocycles. The smallest absolute Gasteiger partial charge is 0.343 e. The SMILES string of the molecule is CCCCCCCCC/C=C/C(=O)Oc1ccc(C(=O)Oc2ccc(C#N)c(F)c2)cc1. The van der Waals surface area contributed by atoms with Gasteiger partial charge in [-0.25, -0.2) is 14.0 Å². The van der Waals surface area contributed by atoms with Gasteiger partial charge < -0.3 is 9.47 Å². The number of carbonyl (C=O) groups excluding carboxylic acids is 2. The molecular formula is C26H28FNO4. The van der Waals surface area contributed by atoms with Gasteiger partial charge in [0.25, 0.3) is 0 Å². The summed E-state index contributed by atoms with van der Waals surface area (Å²) in [5.74, 6) is -1.64. The van der Waals surface area contributed by atoms with Crippen LogP contribution in [0.4, 0.5) is 4.39 Å². The number of benzene rings is 2.